The molecule has 0 atom stereocenters. The predicted octanol–water partition coefficient (Wildman–Crippen LogP) is 2.88. The highest BCUT2D eigenvalue weighted by atomic mass is 35.5. The quantitative estimate of drug-likeness (QED) is 0.568. The third-order valence-electron chi connectivity index (χ3n) is 2.91. The van der Waals surface area contributed by atoms with Gasteiger partial charge in [-0.3, -0.25) is 0 Å². The van der Waals surface area contributed by atoms with Gasteiger partial charge in [0.1, 0.15) is 11.4 Å². The summed E-state index contributed by atoms with van der Waals surface area (Å²) in [5, 5.41) is 0.550. The first-order chi connectivity index (χ1) is 7.13. The second-order valence-electron chi connectivity index (χ2n) is 3.86. The lowest BCUT2D eigenvalue weighted by molar-refractivity contribution is -0.107. The second kappa shape index (κ2) is 3.78. The SMILES string of the molecule is Cc1nc(Cl)c2c(c1C)CC(CC=O)=C2. The Kier molecular flexibility index (Phi) is 2.61. The zero-order valence-corrected chi connectivity index (χ0v) is 9.56. The van der Waals surface area contributed by atoms with Gasteiger partial charge in [-0.1, -0.05) is 23.3 Å². The van der Waals surface area contributed by atoms with Gasteiger partial charge in [-0.05, 0) is 31.4 Å². The molecule has 0 aromatic carbocycles. The monoisotopic (exact) mass is 221 g/mol. The minimum atomic E-state index is 0.490. The highest BCUT2D eigenvalue weighted by Crippen LogP contribution is 2.33. The summed E-state index contributed by atoms with van der Waals surface area (Å²) >= 11 is 6.07. The minimum absolute atomic E-state index is 0.490. The third kappa shape index (κ3) is 1.70. The molecular weight excluding hydrogens is 210 g/mol. The Morgan fingerprint density at radius 2 is 2.27 bits per heavy atom. The Morgan fingerprint density at radius 3 is 2.93 bits per heavy atom. The molecule has 1 aromatic heterocycles. The Morgan fingerprint density at radius 1 is 1.53 bits per heavy atom. The van der Waals surface area contributed by atoms with Crippen molar-refractivity contribution in [2.24, 2.45) is 0 Å². The fourth-order valence-electron chi connectivity index (χ4n) is 1.93. The van der Waals surface area contributed by atoms with E-state index in [1.165, 1.54) is 11.1 Å². The third-order valence-corrected chi connectivity index (χ3v) is 3.19. The van der Waals surface area contributed by atoms with Gasteiger partial charge >= 0.3 is 0 Å². The van der Waals surface area contributed by atoms with E-state index in [0.29, 0.717) is 11.6 Å². The van der Waals surface area contributed by atoms with Crippen molar-refractivity contribution in [3.8, 4) is 0 Å². The predicted molar refractivity (Wildman–Crippen MR) is 61.1 cm³/mol. The molecule has 0 aliphatic heterocycles. The van der Waals surface area contributed by atoms with Crippen LogP contribution in [0.5, 0.6) is 0 Å². The van der Waals surface area contributed by atoms with Gasteiger partial charge in [0.15, 0.2) is 0 Å². The smallest absolute Gasteiger partial charge is 0.136 e. The average Bonchev–Trinajstić information content (AvgIpc) is 2.60. The van der Waals surface area contributed by atoms with Crippen molar-refractivity contribution in [3.63, 3.8) is 0 Å². The average molecular weight is 222 g/mol. The number of pyridine rings is 1. The van der Waals surface area contributed by atoms with Crippen LogP contribution < -0.4 is 0 Å². The first-order valence-corrected chi connectivity index (χ1v) is 5.30. The molecule has 0 saturated carbocycles. The number of carbonyl (C=O) groups is 1. The largest absolute Gasteiger partial charge is 0.303 e. The number of halogens is 1. The summed E-state index contributed by atoms with van der Waals surface area (Å²) < 4.78 is 0. The topological polar surface area (TPSA) is 30.0 Å². The zero-order valence-electron chi connectivity index (χ0n) is 8.80. The number of aromatic nitrogens is 1. The van der Waals surface area contributed by atoms with E-state index in [1.807, 2.05) is 13.0 Å². The molecule has 1 heterocycles. The van der Waals surface area contributed by atoms with Crippen LogP contribution in [-0.4, -0.2) is 11.3 Å². The highest BCUT2D eigenvalue weighted by Gasteiger charge is 2.19. The molecule has 0 amide bonds. The van der Waals surface area contributed by atoms with Gasteiger partial charge in [0.05, 0.1) is 0 Å². The number of fused-ring (bicyclic) bond motifs is 1. The number of hydrogen-bond donors (Lipinski definition) is 0. The fraction of sp³-hybridized carbons (Fsp3) is 0.333. The van der Waals surface area contributed by atoms with Gasteiger partial charge in [-0.15, -0.1) is 0 Å². The van der Waals surface area contributed by atoms with Crippen LogP contribution in [0.2, 0.25) is 5.15 Å². The highest BCUT2D eigenvalue weighted by molar-refractivity contribution is 6.31. The van der Waals surface area contributed by atoms with Gasteiger partial charge in [-0.25, -0.2) is 4.98 Å². The van der Waals surface area contributed by atoms with Gasteiger partial charge in [0.25, 0.3) is 0 Å². The van der Waals surface area contributed by atoms with Crippen LogP contribution >= 0.6 is 11.6 Å². The maximum atomic E-state index is 10.5. The summed E-state index contributed by atoms with van der Waals surface area (Å²) in [4.78, 5) is 14.7. The molecule has 0 radical (unpaired) electrons. The molecule has 2 nitrogen and oxygen atoms in total. The van der Waals surface area contributed by atoms with Crippen LogP contribution in [0.1, 0.15) is 28.8 Å². The second-order valence-corrected chi connectivity index (χ2v) is 4.21. The van der Waals surface area contributed by atoms with E-state index in [4.69, 9.17) is 11.6 Å². The Labute approximate surface area is 94.0 Å². The van der Waals surface area contributed by atoms with E-state index >= 15 is 0 Å². The van der Waals surface area contributed by atoms with Crippen LogP contribution in [0.3, 0.4) is 0 Å². The van der Waals surface area contributed by atoms with E-state index in [9.17, 15) is 4.79 Å². The maximum absolute atomic E-state index is 10.5. The molecule has 0 spiro atoms. The number of aryl methyl sites for hydroxylation is 1. The van der Waals surface area contributed by atoms with E-state index in [2.05, 4.69) is 11.9 Å². The standard InChI is InChI=1S/C12H12ClNO/c1-7-8(2)14-12(13)11-6-9(3-4-15)5-10(7)11/h4,6H,3,5H2,1-2H3. The summed E-state index contributed by atoms with van der Waals surface area (Å²) in [6.07, 6.45) is 4.25. The number of nitrogens with zero attached hydrogens (tertiary/aromatic N) is 1. The van der Waals surface area contributed by atoms with Gasteiger partial charge in [-0.2, -0.15) is 0 Å². The van der Waals surface area contributed by atoms with E-state index in [1.54, 1.807) is 0 Å². The molecule has 1 aliphatic rings. The molecule has 0 bridgehead atoms. The van der Waals surface area contributed by atoms with Crippen molar-refractivity contribution in [2.75, 3.05) is 0 Å². The van der Waals surface area contributed by atoms with Crippen molar-refractivity contribution < 1.29 is 4.79 Å². The van der Waals surface area contributed by atoms with Crippen LogP contribution in [0, 0.1) is 13.8 Å². The molecule has 0 saturated heterocycles. The first-order valence-electron chi connectivity index (χ1n) is 4.92. The van der Waals surface area contributed by atoms with Crippen molar-refractivity contribution in [3.05, 3.63) is 33.1 Å². The van der Waals surface area contributed by atoms with Crippen LogP contribution in [0.4, 0.5) is 0 Å². The number of carbonyl (C=O) groups excluding carboxylic acids is 1. The summed E-state index contributed by atoms with van der Waals surface area (Å²) in [5.74, 6) is 0. The summed E-state index contributed by atoms with van der Waals surface area (Å²) in [7, 11) is 0. The van der Waals surface area contributed by atoms with Gasteiger partial charge in [0, 0.05) is 17.7 Å². The summed E-state index contributed by atoms with van der Waals surface area (Å²) in [6, 6.07) is 0. The van der Waals surface area contributed by atoms with Crippen molar-refractivity contribution in [1.29, 1.82) is 0 Å². The number of allylic oxidation sites excluding steroid dienone is 1. The van der Waals surface area contributed by atoms with Crippen LogP contribution in [0.15, 0.2) is 5.57 Å². The molecule has 0 unspecified atom stereocenters. The lowest BCUT2D eigenvalue weighted by Gasteiger charge is -2.08. The molecule has 15 heavy (non-hydrogen) atoms. The van der Waals surface area contributed by atoms with Crippen molar-refractivity contribution >= 4 is 24.0 Å². The number of rotatable bonds is 2. The number of aldehydes is 1. The molecule has 78 valence electrons. The zero-order chi connectivity index (χ0) is 11.0. The number of hydrogen-bond acceptors (Lipinski definition) is 2. The van der Waals surface area contributed by atoms with E-state index in [-0.39, 0.29) is 0 Å². The first kappa shape index (κ1) is 10.4. The van der Waals surface area contributed by atoms with Crippen LogP contribution in [-0.2, 0) is 11.2 Å². The van der Waals surface area contributed by atoms with Crippen molar-refractivity contribution in [2.45, 2.75) is 26.7 Å². The molecular formula is C12H12ClNO. The molecule has 3 heteroatoms. The molecule has 2 rings (SSSR count). The van der Waals surface area contributed by atoms with Crippen LogP contribution in [0.25, 0.3) is 6.08 Å². The Balaban J connectivity index is 2.50. The molecule has 1 aromatic rings. The lowest BCUT2D eigenvalue weighted by atomic mass is 10.0. The van der Waals surface area contributed by atoms with E-state index in [0.717, 1.165) is 29.5 Å². The van der Waals surface area contributed by atoms with Gasteiger partial charge in [0.2, 0.25) is 0 Å². The van der Waals surface area contributed by atoms with Crippen molar-refractivity contribution in [1.82, 2.24) is 4.98 Å². The Bertz CT molecular complexity index is 463. The molecule has 0 fully saturated rings. The molecule has 1 aliphatic carbocycles. The normalized spacial score (nSPS) is 13.7. The maximum Gasteiger partial charge on any atom is 0.136 e. The van der Waals surface area contributed by atoms with E-state index < -0.39 is 0 Å². The summed E-state index contributed by atoms with van der Waals surface area (Å²) in [5.41, 5.74) is 5.50. The minimum Gasteiger partial charge on any atom is -0.303 e. The fourth-order valence-corrected chi connectivity index (χ4v) is 2.23. The molecule has 0 N–H and O–H groups in total. The lowest BCUT2D eigenvalue weighted by Crippen LogP contribution is -1.97. The summed E-state index contributed by atoms with van der Waals surface area (Å²) in [6.45, 7) is 4.01. The van der Waals surface area contributed by atoms with Gasteiger partial charge < -0.3 is 4.79 Å². The Hall–Kier alpha value is -1.15.